The van der Waals surface area contributed by atoms with Gasteiger partial charge in [0.15, 0.2) is 0 Å². The van der Waals surface area contributed by atoms with Gasteiger partial charge in [-0.2, -0.15) is 0 Å². The van der Waals surface area contributed by atoms with Crippen molar-refractivity contribution < 1.29 is 4.74 Å². The first-order valence-electron chi connectivity index (χ1n) is 6.25. The molecule has 0 amide bonds. The highest BCUT2D eigenvalue weighted by atomic mass is 16.5. The van der Waals surface area contributed by atoms with Crippen LogP contribution in [0.1, 0.15) is 24.1 Å². The van der Waals surface area contributed by atoms with Gasteiger partial charge >= 0.3 is 0 Å². The van der Waals surface area contributed by atoms with Crippen LogP contribution in [0.5, 0.6) is 5.75 Å². The number of likely N-dealkylation sites (N-methyl/N-ethyl adjacent to an activating group) is 2. The maximum Gasteiger partial charge on any atom is 0.119 e. The zero-order valence-electron chi connectivity index (χ0n) is 11.2. The highest BCUT2D eigenvalue weighted by Gasteiger charge is 2.33. The lowest BCUT2D eigenvalue weighted by atomic mass is 10.1. The molecule has 1 aliphatic rings. The number of rotatable bonds is 4. The Bertz CT molecular complexity index is 392. The number of hydrogen-bond donors (Lipinski definition) is 1. The molecule has 2 unspecified atom stereocenters. The third kappa shape index (κ3) is 2.17. The quantitative estimate of drug-likeness (QED) is 0.860. The lowest BCUT2D eigenvalue weighted by Crippen LogP contribution is -2.39. The van der Waals surface area contributed by atoms with Crippen molar-refractivity contribution >= 4 is 0 Å². The van der Waals surface area contributed by atoms with Crippen LogP contribution in [-0.2, 0) is 6.42 Å². The summed E-state index contributed by atoms with van der Waals surface area (Å²) < 4.78 is 5.31. The first-order chi connectivity index (χ1) is 8.21. The van der Waals surface area contributed by atoms with Crippen LogP contribution in [0.25, 0.3) is 0 Å². The summed E-state index contributed by atoms with van der Waals surface area (Å²) in [5, 5.41) is 3.44. The Balaban J connectivity index is 2.32. The zero-order chi connectivity index (χ0) is 12.4. The van der Waals surface area contributed by atoms with E-state index < -0.39 is 0 Å². The van der Waals surface area contributed by atoms with Gasteiger partial charge in [-0.25, -0.2) is 0 Å². The average Bonchev–Trinajstić information content (AvgIpc) is 2.74. The third-order valence-electron chi connectivity index (χ3n) is 3.88. The number of hydrogen-bond acceptors (Lipinski definition) is 3. The Morgan fingerprint density at radius 3 is 2.82 bits per heavy atom. The minimum Gasteiger partial charge on any atom is -0.497 e. The van der Waals surface area contributed by atoms with Crippen LogP contribution < -0.4 is 10.1 Å². The van der Waals surface area contributed by atoms with Crippen molar-refractivity contribution in [2.24, 2.45) is 0 Å². The summed E-state index contributed by atoms with van der Waals surface area (Å²) in [6.45, 7) is 3.28. The molecule has 2 rings (SSSR count). The normalized spacial score (nSPS) is 22.9. The van der Waals surface area contributed by atoms with Crippen LogP contribution in [0.3, 0.4) is 0 Å². The SMILES string of the molecule is CCN(C)C1Cc2ccc(OC)cc2C1NC. The van der Waals surface area contributed by atoms with Gasteiger partial charge < -0.3 is 15.0 Å². The van der Waals surface area contributed by atoms with Gasteiger partial charge in [0.25, 0.3) is 0 Å². The van der Waals surface area contributed by atoms with E-state index in [0.717, 1.165) is 18.7 Å². The molecule has 0 aromatic heterocycles. The van der Waals surface area contributed by atoms with Crippen molar-refractivity contribution in [3.05, 3.63) is 29.3 Å². The minimum atomic E-state index is 0.407. The predicted octanol–water partition coefficient (Wildman–Crippen LogP) is 1.83. The van der Waals surface area contributed by atoms with Gasteiger partial charge in [-0.1, -0.05) is 13.0 Å². The fraction of sp³-hybridized carbons (Fsp3) is 0.571. The minimum absolute atomic E-state index is 0.407. The second-order valence-corrected chi connectivity index (χ2v) is 4.68. The van der Waals surface area contributed by atoms with Crippen molar-refractivity contribution in [3.8, 4) is 5.75 Å². The van der Waals surface area contributed by atoms with Crippen molar-refractivity contribution in [3.63, 3.8) is 0 Å². The molecular formula is C14H22N2O. The van der Waals surface area contributed by atoms with Gasteiger partial charge in [-0.15, -0.1) is 0 Å². The van der Waals surface area contributed by atoms with E-state index in [4.69, 9.17) is 4.74 Å². The second-order valence-electron chi connectivity index (χ2n) is 4.68. The molecule has 1 aromatic rings. The van der Waals surface area contributed by atoms with E-state index in [1.807, 2.05) is 7.05 Å². The van der Waals surface area contributed by atoms with Crippen LogP contribution in [0.15, 0.2) is 18.2 Å². The van der Waals surface area contributed by atoms with E-state index in [-0.39, 0.29) is 0 Å². The molecule has 2 atom stereocenters. The summed E-state index contributed by atoms with van der Waals surface area (Å²) in [7, 11) is 5.95. The topological polar surface area (TPSA) is 24.5 Å². The summed E-state index contributed by atoms with van der Waals surface area (Å²) in [4.78, 5) is 2.41. The molecule has 0 saturated heterocycles. The molecule has 1 N–H and O–H groups in total. The van der Waals surface area contributed by atoms with Gasteiger partial charge in [0.2, 0.25) is 0 Å². The van der Waals surface area contributed by atoms with Gasteiger partial charge in [-0.3, -0.25) is 0 Å². The van der Waals surface area contributed by atoms with Crippen LogP contribution >= 0.6 is 0 Å². The molecule has 1 aliphatic carbocycles. The van der Waals surface area contributed by atoms with Crippen LogP contribution in [0, 0.1) is 0 Å². The number of ether oxygens (including phenoxy) is 1. The van der Waals surface area contributed by atoms with Crippen LogP contribution in [0.2, 0.25) is 0 Å². The maximum absolute atomic E-state index is 5.31. The summed E-state index contributed by atoms with van der Waals surface area (Å²) in [5.74, 6) is 0.948. The highest BCUT2D eigenvalue weighted by molar-refractivity contribution is 5.42. The monoisotopic (exact) mass is 234 g/mol. The van der Waals surface area contributed by atoms with Gasteiger partial charge in [0.05, 0.1) is 7.11 Å². The summed E-state index contributed by atoms with van der Waals surface area (Å²) in [5.41, 5.74) is 2.83. The van der Waals surface area contributed by atoms with Gasteiger partial charge in [-0.05, 0) is 50.3 Å². The summed E-state index contributed by atoms with van der Waals surface area (Å²) >= 11 is 0. The van der Waals surface area contributed by atoms with Gasteiger partial charge in [0.1, 0.15) is 5.75 Å². The smallest absolute Gasteiger partial charge is 0.119 e. The van der Waals surface area contributed by atoms with Gasteiger partial charge in [0, 0.05) is 12.1 Å². The Kier molecular flexibility index (Phi) is 3.69. The number of fused-ring (bicyclic) bond motifs is 1. The molecule has 0 spiro atoms. The first kappa shape index (κ1) is 12.4. The number of nitrogens with zero attached hydrogens (tertiary/aromatic N) is 1. The molecule has 0 radical (unpaired) electrons. The largest absolute Gasteiger partial charge is 0.497 e. The van der Waals surface area contributed by atoms with E-state index in [9.17, 15) is 0 Å². The van der Waals surface area contributed by atoms with Crippen molar-refractivity contribution in [2.75, 3.05) is 27.7 Å². The molecule has 0 saturated carbocycles. The molecule has 17 heavy (non-hydrogen) atoms. The van der Waals surface area contributed by atoms with E-state index in [1.54, 1.807) is 7.11 Å². The summed E-state index contributed by atoms with van der Waals surface area (Å²) in [6, 6.07) is 7.37. The van der Waals surface area contributed by atoms with Crippen molar-refractivity contribution in [1.82, 2.24) is 10.2 Å². The Hall–Kier alpha value is -1.06. The molecule has 1 aromatic carbocycles. The first-order valence-corrected chi connectivity index (χ1v) is 6.25. The van der Waals surface area contributed by atoms with Crippen molar-refractivity contribution in [2.45, 2.75) is 25.4 Å². The third-order valence-corrected chi connectivity index (χ3v) is 3.88. The fourth-order valence-corrected chi connectivity index (χ4v) is 2.72. The molecule has 3 heteroatoms. The highest BCUT2D eigenvalue weighted by Crippen LogP contribution is 2.35. The maximum atomic E-state index is 5.31. The molecule has 0 bridgehead atoms. The Morgan fingerprint density at radius 1 is 1.47 bits per heavy atom. The number of benzene rings is 1. The Morgan fingerprint density at radius 2 is 2.24 bits per heavy atom. The molecular weight excluding hydrogens is 212 g/mol. The summed E-state index contributed by atoms with van der Waals surface area (Å²) in [6.07, 6.45) is 1.12. The van der Waals surface area contributed by atoms with E-state index >= 15 is 0 Å². The second kappa shape index (κ2) is 5.07. The van der Waals surface area contributed by atoms with E-state index in [1.165, 1.54) is 11.1 Å². The fourth-order valence-electron chi connectivity index (χ4n) is 2.72. The average molecular weight is 234 g/mol. The molecule has 3 nitrogen and oxygen atoms in total. The van der Waals surface area contributed by atoms with E-state index in [2.05, 4.69) is 42.4 Å². The van der Waals surface area contributed by atoms with Crippen molar-refractivity contribution in [1.29, 1.82) is 0 Å². The molecule has 94 valence electrons. The molecule has 0 fully saturated rings. The van der Waals surface area contributed by atoms with Crippen LogP contribution in [0.4, 0.5) is 0 Å². The van der Waals surface area contributed by atoms with Crippen LogP contribution in [-0.4, -0.2) is 38.7 Å². The standard InChI is InChI=1S/C14H22N2O/c1-5-16(3)13-8-10-6-7-11(17-4)9-12(10)14(13)15-2/h6-7,9,13-15H,5,8H2,1-4H3. The molecule has 0 heterocycles. The predicted molar refractivity (Wildman–Crippen MR) is 70.6 cm³/mol. The zero-order valence-corrected chi connectivity index (χ0v) is 11.2. The molecule has 0 aliphatic heterocycles. The number of nitrogens with one attached hydrogen (secondary N) is 1. The van der Waals surface area contributed by atoms with E-state index in [0.29, 0.717) is 12.1 Å². The number of methoxy groups -OCH3 is 1. The Labute approximate surface area is 104 Å². The lowest BCUT2D eigenvalue weighted by Gasteiger charge is -2.28. The lowest BCUT2D eigenvalue weighted by molar-refractivity contribution is 0.218.